The van der Waals surface area contributed by atoms with E-state index in [1.807, 2.05) is 0 Å². The van der Waals surface area contributed by atoms with Crippen molar-refractivity contribution in [3.63, 3.8) is 0 Å². The van der Waals surface area contributed by atoms with Crippen LogP contribution in [0.3, 0.4) is 0 Å². The largest absolute Gasteiger partial charge is 0.479 e. The Bertz CT molecular complexity index is 506. The number of benzene rings is 1. The van der Waals surface area contributed by atoms with Gasteiger partial charge in [0.05, 0.1) is 6.54 Å². The van der Waals surface area contributed by atoms with Crippen LogP contribution < -0.4 is 15.8 Å². The first-order valence-electron chi connectivity index (χ1n) is 5.57. The summed E-state index contributed by atoms with van der Waals surface area (Å²) in [7, 11) is 0. The van der Waals surface area contributed by atoms with Gasteiger partial charge in [-0.25, -0.2) is 9.18 Å². The standard InChI is InChI=1S/C12H13FN2O5/c13-8-3-1-2-4-9(8)19-7-12(18)20-6-11(17)15-5-10(14)16/h1-4H,5-7H2,(H2,14,16)(H,15,17). The fourth-order valence-electron chi connectivity index (χ4n) is 1.12. The highest BCUT2D eigenvalue weighted by atomic mass is 19.1. The summed E-state index contributed by atoms with van der Waals surface area (Å²) in [5.41, 5.74) is 4.81. The van der Waals surface area contributed by atoms with E-state index in [2.05, 4.69) is 10.1 Å². The van der Waals surface area contributed by atoms with Crippen molar-refractivity contribution in [1.82, 2.24) is 5.32 Å². The summed E-state index contributed by atoms with van der Waals surface area (Å²) >= 11 is 0. The summed E-state index contributed by atoms with van der Waals surface area (Å²) in [4.78, 5) is 32.7. The molecule has 20 heavy (non-hydrogen) atoms. The minimum atomic E-state index is -0.845. The number of ether oxygens (including phenoxy) is 2. The molecule has 8 heteroatoms. The maximum Gasteiger partial charge on any atom is 0.344 e. The van der Waals surface area contributed by atoms with Gasteiger partial charge in [0.15, 0.2) is 24.8 Å². The number of para-hydroxylation sites is 1. The SMILES string of the molecule is NC(=O)CNC(=O)COC(=O)COc1ccccc1F. The molecule has 0 unspecified atom stereocenters. The Morgan fingerprint density at radius 1 is 1.20 bits per heavy atom. The molecule has 1 aromatic rings. The minimum Gasteiger partial charge on any atom is -0.479 e. The van der Waals surface area contributed by atoms with E-state index in [1.54, 1.807) is 6.07 Å². The van der Waals surface area contributed by atoms with Gasteiger partial charge in [-0.15, -0.1) is 0 Å². The molecule has 0 heterocycles. The first kappa shape index (κ1) is 15.4. The molecule has 7 nitrogen and oxygen atoms in total. The monoisotopic (exact) mass is 284 g/mol. The van der Waals surface area contributed by atoms with Gasteiger partial charge in [0.25, 0.3) is 5.91 Å². The van der Waals surface area contributed by atoms with Gasteiger partial charge >= 0.3 is 5.97 Å². The van der Waals surface area contributed by atoms with Crippen LogP contribution in [0.5, 0.6) is 5.75 Å². The molecule has 0 fully saturated rings. The van der Waals surface area contributed by atoms with Gasteiger partial charge in [0, 0.05) is 0 Å². The second-order valence-electron chi connectivity index (χ2n) is 3.62. The summed E-state index contributed by atoms with van der Waals surface area (Å²) in [6, 6.07) is 5.55. The molecule has 0 aliphatic heterocycles. The number of nitrogens with two attached hydrogens (primary N) is 1. The second-order valence-corrected chi connectivity index (χ2v) is 3.62. The van der Waals surface area contributed by atoms with E-state index in [9.17, 15) is 18.8 Å². The van der Waals surface area contributed by atoms with Gasteiger partial charge < -0.3 is 20.5 Å². The number of hydrogen-bond acceptors (Lipinski definition) is 5. The molecule has 0 aliphatic carbocycles. The van der Waals surface area contributed by atoms with Crippen LogP contribution >= 0.6 is 0 Å². The van der Waals surface area contributed by atoms with Crippen molar-refractivity contribution in [2.24, 2.45) is 5.73 Å². The predicted molar refractivity (Wildman–Crippen MR) is 65.1 cm³/mol. The highest BCUT2D eigenvalue weighted by Crippen LogP contribution is 2.14. The molecule has 0 aromatic heterocycles. The van der Waals surface area contributed by atoms with E-state index in [0.29, 0.717) is 0 Å². The number of amides is 2. The van der Waals surface area contributed by atoms with E-state index in [0.717, 1.165) is 0 Å². The minimum absolute atomic E-state index is 0.0948. The number of halogens is 1. The summed E-state index contributed by atoms with van der Waals surface area (Å²) in [6.45, 7) is -1.46. The Balaban J connectivity index is 2.25. The second kappa shape index (κ2) is 7.72. The Hall–Kier alpha value is -2.64. The lowest BCUT2D eigenvalue weighted by atomic mass is 10.3. The van der Waals surface area contributed by atoms with Gasteiger partial charge in [-0.1, -0.05) is 12.1 Å². The third kappa shape index (κ3) is 5.80. The highest BCUT2D eigenvalue weighted by molar-refractivity contribution is 5.85. The maximum atomic E-state index is 13.1. The summed E-state index contributed by atoms with van der Waals surface area (Å²) in [5.74, 6) is -2.94. The lowest BCUT2D eigenvalue weighted by molar-refractivity contribution is -0.150. The van der Waals surface area contributed by atoms with Crippen molar-refractivity contribution in [2.75, 3.05) is 19.8 Å². The Morgan fingerprint density at radius 2 is 1.90 bits per heavy atom. The first-order valence-corrected chi connectivity index (χ1v) is 5.57. The predicted octanol–water partition coefficient (Wildman–Crippen LogP) is -0.651. The lowest BCUT2D eigenvalue weighted by Crippen LogP contribution is -2.36. The number of esters is 1. The molecule has 3 N–H and O–H groups in total. The van der Waals surface area contributed by atoms with Gasteiger partial charge in [0.1, 0.15) is 0 Å². The quantitative estimate of drug-likeness (QED) is 0.647. The Kier molecular flexibility index (Phi) is 5.95. The zero-order valence-electron chi connectivity index (χ0n) is 10.4. The summed E-state index contributed by atoms with van der Waals surface area (Å²) < 4.78 is 22.6. The van der Waals surface area contributed by atoms with E-state index >= 15 is 0 Å². The zero-order chi connectivity index (χ0) is 15.0. The molecule has 0 radical (unpaired) electrons. The average Bonchev–Trinajstić information content (AvgIpc) is 2.42. The molecule has 0 spiro atoms. The van der Waals surface area contributed by atoms with E-state index in [1.165, 1.54) is 18.2 Å². The smallest absolute Gasteiger partial charge is 0.344 e. The van der Waals surface area contributed by atoms with Crippen molar-refractivity contribution in [1.29, 1.82) is 0 Å². The Labute approximate surface area is 113 Å². The molecule has 1 aromatic carbocycles. The molecule has 1 rings (SSSR count). The van der Waals surface area contributed by atoms with Crippen LogP contribution in [0.4, 0.5) is 4.39 Å². The van der Waals surface area contributed by atoms with Crippen LogP contribution in [0, 0.1) is 5.82 Å². The number of rotatable bonds is 7. The molecule has 0 saturated carbocycles. The lowest BCUT2D eigenvalue weighted by Gasteiger charge is -2.07. The molecule has 0 atom stereocenters. The van der Waals surface area contributed by atoms with Crippen molar-refractivity contribution in [2.45, 2.75) is 0 Å². The van der Waals surface area contributed by atoms with E-state index in [4.69, 9.17) is 10.5 Å². The van der Waals surface area contributed by atoms with Crippen LogP contribution in [0.2, 0.25) is 0 Å². The van der Waals surface area contributed by atoms with Gasteiger partial charge in [-0.2, -0.15) is 0 Å². The molecule has 0 saturated heterocycles. The van der Waals surface area contributed by atoms with Crippen molar-refractivity contribution in [3.05, 3.63) is 30.1 Å². The van der Waals surface area contributed by atoms with Crippen LogP contribution in [0.1, 0.15) is 0 Å². The third-order valence-corrected chi connectivity index (χ3v) is 2.01. The number of hydrogen-bond donors (Lipinski definition) is 2. The fourth-order valence-corrected chi connectivity index (χ4v) is 1.12. The topological polar surface area (TPSA) is 108 Å². The molecule has 0 bridgehead atoms. The summed E-state index contributed by atoms with van der Waals surface area (Å²) in [6.07, 6.45) is 0. The van der Waals surface area contributed by atoms with Gasteiger partial charge in [0.2, 0.25) is 5.91 Å². The number of nitrogens with one attached hydrogen (secondary N) is 1. The molecular weight excluding hydrogens is 271 g/mol. The van der Waals surface area contributed by atoms with Gasteiger partial charge in [-0.05, 0) is 12.1 Å². The summed E-state index contributed by atoms with van der Waals surface area (Å²) in [5, 5.41) is 2.13. The van der Waals surface area contributed by atoms with Crippen molar-refractivity contribution in [3.8, 4) is 5.75 Å². The number of carbonyl (C=O) groups excluding carboxylic acids is 3. The molecule has 2 amide bonds. The molecular formula is C12H13FN2O5. The fraction of sp³-hybridized carbons (Fsp3) is 0.250. The molecule has 108 valence electrons. The average molecular weight is 284 g/mol. The Morgan fingerprint density at radius 3 is 2.55 bits per heavy atom. The molecule has 0 aliphatic rings. The number of primary amides is 1. The normalized spacial score (nSPS) is 9.65. The zero-order valence-corrected chi connectivity index (χ0v) is 10.4. The van der Waals surface area contributed by atoms with E-state index in [-0.39, 0.29) is 12.3 Å². The van der Waals surface area contributed by atoms with Crippen molar-refractivity contribution < 1.29 is 28.2 Å². The van der Waals surface area contributed by atoms with E-state index < -0.39 is 36.8 Å². The number of carbonyl (C=O) groups is 3. The highest BCUT2D eigenvalue weighted by Gasteiger charge is 2.10. The van der Waals surface area contributed by atoms with Gasteiger partial charge in [-0.3, -0.25) is 9.59 Å². The third-order valence-electron chi connectivity index (χ3n) is 2.01. The van der Waals surface area contributed by atoms with Crippen LogP contribution in [-0.4, -0.2) is 37.5 Å². The van der Waals surface area contributed by atoms with Crippen molar-refractivity contribution >= 4 is 17.8 Å². The van der Waals surface area contributed by atoms with Crippen LogP contribution in [0.15, 0.2) is 24.3 Å². The van der Waals surface area contributed by atoms with Crippen LogP contribution in [-0.2, 0) is 19.1 Å². The first-order chi connectivity index (χ1) is 9.49. The maximum absolute atomic E-state index is 13.1. The van der Waals surface area contributed by atoms with Crippen LogP contribution in [0.25, 0.3) is 0 Å².